The van der Waals surface area contributed by atoms with Crippen LogP contribution >= 0.6 is 23.2 Å². The molecular formula is C16H16Cl2FN3O3S. The van der Waals surface area contributed by atoms with Crippen molar-refractivity contribution in [2.45, 2.75) is 42.7 Å². The molecule has 0 unspecified atom stereocenters. The van der Waals surface area contributed by atoms with E-state index in [0.717, 1.165) is 12.4 Å². The van der Waals surface area contributed by atoms with Crippen molar-refractivity contribution in [2.75, 3.05) is 0 Å². The molecule has 140 valence electrons. The van der Waals surface area contributed by atoms with Crippen LogP contribution in [0.3, 0.4) is 0 Å². The first-order valence-corrected chi connectivity index (χ1v) is 10.2. The molecule has 1 N–H and O–H groups in total. The van der Waals surface area contributed by atoms with Crippen LogP contribution in [-0.4, -0.2) is 30.5 Å². The number of nitrogens with zero attached hydrogens (tertiary/aromatic N) is 2. The lowest BCUT2D eigenvalue weighted by Crippen LogP contribution is -2.39. The Kier molecular flexibility index (Phi) is 5.96. The number of hydrogen-bond acceptors (Lipinski definition) is 5. The second kappa shape index (κ2) is 8.04. The van der Waals surface area contributed by atoms with Crippen molar-refractivity contribution in [1.29, 1.82) is 0 Å². The van der Waals surface area contributed by atoms with Crippen molar-refractivity contribution in [1.82, 2.24) is 14.7 Å². The monoisotopic (exact) mass is 419 g/mol. The van der Waals surface area contributed by atoms with Gasteiger partial charge in [0.2, 0.25) is 10.0 Å². The molecule has 0 atom stereocenters. The van der Waals surface area contributed by atoms with E-state index in [9.17, 15) is 12.8 Å². The Hall–Kier alpha value is -1.48. The zero-order valence-electron chi connectivity index (χ0n) is 13.5. The molecule has 0 radical (unpaired) electrons. The summed E-state index contributed by atoms with van der Waals surface area (Å²) in [6.07, 6.45) is 4.35. The van der Waals surface area contributed by atoms with E-state index in [2.05, 4.69) is 14.7 Å². The molecular weight excluding hydrogens is 404 g/mol. The normalized spacial score (nSPS) is 20.7. The third-order valence-corrected chi connectivity index (χ3v) is 6.28. The van der Waals surface area contributed by atoms with Crippen molar-refractivity contribution in [3.8, 4) is 6.01 Å². The first-order valence-electron chi connectivity index (χ1n) is 7.95. The maximum atomic E-state index is 12.8. The number of sulfonamides is 1. The summed E-state index contributed by atoms with van der Waals surface area (Å²) in [6, 6.07) is 4.19. The van der Waals surface area contributed by atoms with Gasteiger partial charge >= 0.3 is 6.01 Å². The lowest BCUT2D eigenvalue weighted by Gasteiger charge is -2.28. The molecule has 1 aromatic heterocycles. The van der Waals surface area contributed by atoms with Gasteiger partial charge in [-0.25, -0.2) is 27.5 Å². The minimum atomic E-state index is -3.77. The molecule has 6 nitrogen and oxygen atoms in total. The molecule has 1 aliphatic rings. The highest BCUT2D eigenvalue weighted by Crippen LogP contribution is 2.27. The average molecular weight is 420 g/mol. The first kappa shape index (κ1) is 19.3. The van der Waals surface area contributed by atoms with E-state index in [-0.39, 0.29) is 28.1 Å². The number of ether oxygens (including phenoxy) is 1. The SMILES string of the molecule is O=S(=O)(NC1CCC(Oc2ncc(F)cn2)CC1)c1cc(Cl)ccc1Cl. The maximum Gasteiger partial charge on any atom is 0.316 e. The lowest BCUT2D eigenvalue weighted by molar-refractivity contribution is 0.132. The summed E-state index contributed by atoms with van der Waals surface area (Å²) in [7, 11) is -3.77. The van der Waals surface area contributed by atoms with E-state index in [1.54, 1.807) is 0 Å². The second-order valence-corrected chi connectivity index (χ2v) is 8.50. The maximum absolute atomic E-state index is 12.8. The van der Waals surface area contributed by atoms with E-state index >= 15 is 0 Å². The molecule has 0 amide bonds. The van der Waals surface area contributed by atoms with E-state index < -0.39 is 15.8 Å². The van der Waals surface area contributed by atoms with Crippen molar-refractivity contribution < 1.29 is 17.5 Å². The number of aromatic nitrogens is 2. The number of nitrogens with one attached hydrogen (secondary N) is 1. The third kappa shape index (κ3) is 4.82. The highest BCUT2D eigenvalue weighted by atomic mass is 35.5. The van der Waals surface area contributed by atoms with Crippen LogP contribution in [-0.2, 0) is 10.0 Å². The summed E-state index contributed by atoms with van der Waals surface area (Å²) < 4.78 is 46.1. The smallest absolute Gasteiger partial charge is 0.316 e. The zero-order chi connectivity index (χ0) is 18.7. The first-order chi connectivity index (χ1) is 12.3. The molecule has 10 heteroatoms. The predicted molar refractivity (Wildman–Crippen MR) is 95.4 cm³/mol. The van der Waals surface area contributed by atoms with E-state index in [1.165, 1.54) is 18.2 Å². The number of halogens is 3. The van der Waals surface area contributed by atoms with Crippen LogP contribution < -0.4 is 9.46 Å². The summed E-state index contributed by atoms with van der Waals surface area (Å²) >= 11 is 11.9. The molecule has 0 saturated heterocycles. The molecule has 1 aromatic carbocycles. The molecule has 3 rings (SSSR count). The second-order valence-electron chi connectivity index (χ2n) is 5.97. The summed E-state index contributed by atoms with van der Waals surface area (Å²) in [5.41, 5.74) is 0. The Morgan fingerprint density at radius 2 is 1.77 bits per heavy atom. The van der Waals surface area contributed by atoms with Crippen LogP contribution in [0.2, 0.25) is 10.0 Å². The van der Waals surface area contributed by atoms with Gasteiger partial charge in [0.15, 0.2) is 5.82 Å². The molecule has 0 bridgehead atoms. The van der Waals surface area contributed by atoms with Gasteiger partial charge in [-0.05, 0) is 43.9 Å². The van der Waals surface area contributed by atoms with Crippen molar-refractivity contribution >= 4 is 33.2 Å². The highest BCUT2D eigenvalue weighted by molar-refractivity contribution is 7.89. The largest absolute Gasteiger partial charge is 0.460 e. The Labute approximate surface area is 160 Å². The van der Waals surface area contributed by atoms with Gasteiger partial charge in [-0.3, -0.25) is 0 Å². The molecule has 2 aromatic rings. The van der Waals surface area contributed by atoms with Gasteiger partial charge in [-0.1, -0.05) is 23.2 Å². The van der Waals surface area contributed by atoms with Gasteiger partial charge in [0.1, 0.15) is 11.0 Å². The minimum absolute atomic E-state index is 0.0373. The summed E-state index contributed by atoms with van der Waals surface area (Å²) in [5.74, 6) is -0.532. The van der Waals surface area contributed by atoms with Crippen molar-refractivity contribution in [2.24, 2.45) is 0 Å². The van der Waals surface area contributed by atoms with Crippen LogP contribution in [0.25, 0.3) is 0 Å². The fraction of sp³-hybridized carbons (Fsp3) is 0.375. The van der Waals surface area contributed by atoms with E-state index in [1.807, 2.05) is 0 Å². The van der Waals surface area contributed by atoms with E-state index in [4.69, 9.17) is 27.9 Å². The summed E-state index contributed by atoms with van der Waals surface area (Å²) in [5, 5.41) is 0.415. The quantitative estimate of drug-likeness (QED) is 0.800. The van der Waals surface area contributed by atoms with Crippen LogP contribution in [0.1, 0.15) is 25.7 Å². The van der Waals surface area contributed by atoms with Gasteiger partial charge in [0.25, 0.3) is 0 Å². The van der Waals surface area contributed by atoms with Crippen molar-refractivity contribution in [3.63, 3.8) is 0 Å². The minimum Gasteiger partial charge on any atom is -0.460 e. The van der Waals surface area contributed by atoms with Gasteiger partial charge in [-0.15, -0.1) is 0 Å². The number of benzene rings is 1. The zero-order valence-corrected chi connectivity index (χ0v) is 15.9. The molecule has 1 fully saturated rings. The Balaban J connectivity index is 1.58. The fourth-order valence-corrected chi connectivity index (χ4v) is 4.84. The number of rotatable bonds is 5. The molecule has 1 saturated carbocycles. The Bertz CT molecular complexity index is 873. The molecule has 0 aliphatic heterocycles. The Morgan fingerprint density at radius 3 is 2.42 bits per heavy atom. The van der Waals surface area contributed by atoms with Crippen LogP contribution in [0.5, 0.6) is 6.01 Å². The standard InChI is InChI=1S/C16H16Cl2FN3O3S/c17-10-1-6-14(18)15(7-10)26(23,24)22-12-2-4-13(5-3-12)25-16-20-8-11(19)9-21-16/h1,6-9,12-13,22H,2-5H2. The summed E-state index contributed by atoms with van der Waals surface area (Å²) in [4.78, 5) is 7.49. The van der Waals surface area contributed by atoms with Gasteiger partial charge < -0.3 is 4.74 Å². The average Bonchev–Trinajstić information content (AvgIpc) is 2.60. The van der Waals surface area contributed by atoms with Gasteiger partial charge in [0.05, 0.1) is 17.4 Å². The summed E-state index contributed by atoms with van der Waals surface area (Å²) in [6.45, 7) is 0. The fourth-order valence-electron chi connectivity index (χ4n) is 2.77. The van der Waals surface area contributed by atoms with Crippen LogP contribution in [0.4, 0.5) is 4.39 Å². The lowest BCUT2D eigenvalue weighted by atomic mass is 9.94. The molecule has 1 aliphatic carbocycles. The Morgan fingerprint density at radius 1 is 1.12 bits per heavy atom. The third-order valence-electron chi connectivity index (χ3n) is 4.05. The van der Waals surface area contributed by atoms with Crippen LogP contribution in [0, 0.1) is 5.82 Å². The molecule has 1 heterocycles. The molecule has 26 heavy (non-hydrogen) atoms. The van der Waals surface area contributed by atoms with Gasteiger partial charge in [-0.2, -0.15) is 0 Å². The predicted octanol–water partition coefficient (Wildman–Crippen LogP) is 3.59. The number of hydrogen-bond donors (Lipinski definition) is 1. The van der Waals surface area contributed by atoms with Crippen molar-refractivity contribution in [3.05, 3.63) is 46.5 Å². The highest BCUT2D eigenvalue weighted by Gasteiger charge is 2.28. The molecule has 0 spiro atoms. The van der Waals surface area contributed by atoms with Gasteiger partial charge in [0, 0.05) is 11.1 Å². The van der Waals surface area contributed by atoms with Crippen LogP contribution in [0.15, 0.2) is 35.5 Å². The topological polar surface area (TPSA) is 81.2 Å². The van der Waals surface area contributed by atoms with E-state index in [0.29, 0.717) is 30.7 Å².